The van der Waals surface area contributed by atoms with E-state index in [9.17, 15) is 4.79 Å². The molecular formula is C17H17ClN2O. The smallest absolute Gasteiger partial charge is 0.224 e. The van der Waals surface area contributed by atoms with Crippen LogP contribution in [-0.2, 0) is 17.6 Å². The molecule has 0 saturated heterocycles. The molecule has 0 radical (unpaired) electrons. The van der Waals surface area contributed by atoms with Gasteiger partial charge in [0.05, 0.1) is 0 Å². The summed E-state index contributed by atoms with van der Waals surface area (Å²) >= 11 is 6.18. The van der Waals surface area contributed by atoms with Crippen molar-refractivity contribution in [1.29, 1.82) is 0 Å². The first-order valence-corrected chi connectivity index (χ1v) is 7.43. The summed E-state index contributed by atoms with van der Waals surface area (Å²) in [5.74, 6) is 0.0793. The number of nitrogens with one attached hydrogen (secondary N) is 1. The van der Waals surface area contributed by atoms with Gasteiger partial charge < -0.3 is 11.1 Å². The highest BCUT2D eigenvalue weighted by molar-refractivity contribution is 6.31. The number of benzene rings is 2. The predicted octanol–water partition coefficient (Wildman–Crippen LogP) is 3.47. The maximum absolute atomic E-state index is 11.4. The normalized spacial score (nSPS) is 15.2. The lowest BCUT2D eigenvalue weighted by atomic mass is 9.94. The topological polar surface area (TPSA) is 55.1 Å². The Morgan fingerprint density at radius 3 is 2.81 bits per heavy atom. The summed E-state index contributed by atoms with van der Waals surface area (Å²) in [7, 11) is 0. The van der Waals surface area contributed by atoms with Gasteiger partial charge in [-0.05, 0) is 41.7 Å². The molecule has 21 heavy (non-hydrogen) atoms. The van der Waals surface area contributed by atoms with E-state index in [0.717, 1.165) is 33.8 Å². The molecule has 0 bridgehead atoms. The van der Waals surface area contributed by atoms with Crippen molar-refractivity contribution in [3.8, 4) is 0 Å². The summed E-state index contributed by atoms with van der Waals surface area (Å²) in [6, 6.07) is 13.7. The van der Waals surface area contributed by atoms with Gasteiger partial charge in [0.25, 0.3) is 0 Å². The summed E-state index contributed by atoms with van der Waals surface area (Å²) < 4.78 is 0. The fraction of sp³-hybridized carbons (Fsp3) is 0.235. The van der Waals surface area contributed by atoms with Crippen molar-refractivity contribution in [3.63, 3.8) is 0 Å². The van der Waals surface area contributed by atoms with Crippen molar-refractivity contribution < 1.29 is 4.79 Å². The monoisotopic (exact) mass is 300 g/mol. The van der Waals surface area contributed by atoms with Crippen molar-refractivity contribution in [1.82, 2.24) is 0 Å². The molecule has 0 aliphatic carbocycles. The van der Waals surface area contributed by atoms with Crippen LogP contribution in [0.1, 0.15) is 29.2 Å². The Balaban J connectivity index is 1.81. The molecule has 3 rings (SSSR count). The van der Waals surface area contributed by atoms with Crippen LogP contribution in [0.15, 0.2) is 42.5 Å². The van der Waals surface area contributed by atoms with E-state index in [1.165, 1.54) is 0 Å². The molecule has 108 valence electrons. The number of carbonyl (C=O) groups is 1. The first kappa shape index (κ1) is 14.1. The van der Waals surface area contributed by atoms with Gasteiger partial charge in [-0.25, -0.2) is 0 Å². The molecule has 0 saturated carbocycles. The maximum atomic E-state index is 11.4. The van der Waals surface area contributed by atoms with Crippen molar-refractivity contribution >= 4 is 23.2 Å². The molecule has 1 amide bonds. The second kappa shape index (κ2) is 5.88. The zero-order valence-electron chi connectivity index (χ0n) is 11.6. The Labute approximate surface area is 129 Å². The minimum Gasteiger partial charge on any atom is -0.326 e. The lowest BCUT2D eigenvalue weighted by molar-refractivity contribution is -0.116. The number of halogens is 1. The van der Waals surface area contributed by atoms with Crippen LogP contribution in [0.4, 0.5) is 5.69 Å². The Bertz CT molecular complexity index is 684. The van der Waals surface area contributed by atoms with Gasteiger partial charge >= 0.3 is 0 Å². The highest BCUT2D eigenvalue weighted by Crippen LogP contribution is 2.27. The summed E-state index contributed by atoms with van der Waals surface area (Å²) in [4.78, 5) is 11.4. The maximum Gasteiger partial charge on any atom is 0.224 e. The zero-order valence-corrected chi connectivity index (χ0v) is 12.4. The van der Waals surface area contributed by atoms with Crippen LogP contribution in [0.5, 0.6) is 0 Å². The third-order valence-corrected chi connectivity index (χ3v) is 4.22. The van der Waals surface area contributed by atoms with Gasteiger partial charge in [-0.1, -0.05) is 41.9 Å². The van der Waals surface area contributed by atoms with Gasteiger partial charge in [0.1, 0.15) is 0 Å². The second-order valence-electron chi connectivity index (χ2n) is 5.37. The standard InChI is InChI=1S/C17H17ClN2O/c18-14-4-2-1-3-11(14)10-15(19)12-5-7-16-13(9-12)6-8-17(21)20-16/h1-5,7,9,15H,6,8,10,19H2,(H,20,21). The van der Waals surface area contributed by atoms with Crippen LogP contribution in [0.25, 0.3) is 0 Å². The molecule has 3 nitrogen and oxygen atoms in total. The second-order valence-corrected chi connectivity index (χ2v) is 5.77. The van der Waals surface area contributed by atoms with Crippen LogP contribution in [0.2, 0.25) is 5.02 Å². The number of hydrogen-bond donors (Lipinski definition) is 2. The molecule has 0 spiro atoms. The van der Waals surface area contributed by atoms with E-state index >= 15 is 0 Å². The molecule has 1 heterocycles. The van der Waals surface area contributed by atoms with E-state index < -0.39 is 0 Å². The third-order valence-electron chi connectivity index (χ3n) is 3.85. The van der Waals surface area contributed by atoms with Crippen LogP contribution < -0.4 is 11.1 Å². The minimum absolute atomic E-state index is 0.0793. The quantitative estimate of drug-likeness (QED) is 0.912. The lowest BCUT2D eigenvalue weighted by Gasteiger charge is -2.20. The molecule has 0 aromatic heterocycles. The Morgan fingerprint density at radius 2 is 2.00 bits per heavy atom. The van der Waals surface area contributed by atoms with E-state index in [0.29, 0.717) is 12.8 Å². The van der Waals surface area contributed by atoms with E-state index in [-0.39, 0.29) is 11.9 Å². The van der Waals surface area contributed by atoms with Crippen LogP contribution in [-0.4, -0.2) is 5.91 Å². The lowest BCUT2D eigenvalue weighted by Crippen LogP contribution is -2.20. The number of amides is 1. The molecule has 1 atom stereocenters. The van der Waals surface area contributed by atoms with E-state index in [1.807, 2.05) is 36.4 Å². The Kier molecular flexibility index (Phi) is 3.95. The molecule has 3 N–H and O–H groups in total. The molecule has 4 heteroatoms. The molecule has 1 aliphatic rings. The highest BCUT2D eigenvalue weighted by Gasteiger charge is 2.17. The number of aryl methyl sites for hydroxylation is 1. The number of nitrogens with two attached hydrogens (primary N) is 1. The SMILES string of the molecule is NC(Cc1ccccc1Cl)c1ccc2c(c1)CCC(=O)N2. The van der Waals surface area contributed by atoms with Gasteiger partial charge in [-0.15, -0.1) is 0 Å². The minimum atomic E-state index is -0.104. The van der Waals surface area contributed by atoms with E-state index in [2.05, 4.69) is 11.4 Å². The molecule has 2 aromatic rings. The van der Waals surface area contributed by atoms with Crippen LogP contribution in [0.3, 0.4) is 0 Å². The first-order valence-electron chi connectivity index (χ1n) is 7.05. The predicted molar refractivity (Wildman–Crippen MR) is 85.5 cm³/mol. The summed E-state index contributed by atoms with van der Waals surface area (Å²) in [6.07, 6.45) is 2.01. The van der Waals surface area contributed by atoms with Gasteiger partial charge in [0.2, 0.25) is 5.91 Å². The highest BCUT2D eigenvalue weighted by atomic mass is 35.5. The number of anilines is 1. The van der Waals surface area contributed by atoms with Crippen molar-refractivity contribution in [2.45, 2.75) is 25.3 Å². The van der Waals surface area contributed by atoms with Crippen molar-refractivity contribution in [2.75, 3.05) is 5.32 Å². The van der Waals surface area contributed by atoms with Crippen LogP contribution >= 0.6 is 11.6 Å². The Morgan fingerprint density at radius 1 is 1.19 bits per heavy atom. The van der Waals surface area contributed by atoms with Gasteiger partial charge in [0.15, 0.2) is 0 Å². The molecule has 0 fully saturated rings. The third kappa shape index (κ3) is 3.09. The average Bonchev–Trinajstić information content (AvgIpc) is 2.49. The van der Waals surface area contributed by atoms with Crippen molar-refractivity contribution in [3.05, 3.63) is 64.2 Å². The average molecular weight is 301 g/mol. The fourth-order valence-corrected chi connectivity index (χ4v) is 2.87. The summed E-state index contributed by atoms with van der Waals surface area (Å²) in [5.41, 5.74) is 10.5. The van der Waals surface area contributed by atoms with Crippen molar-refractivity contribution in [2.24, 2.45) is 5.73 Å². The fourth-order valence-electron chi connectivity index (χ4n) is 2.65. The van der Waals surface area contributed by atoms with Crippen LogP contribution in [0, 0.1) is 0 Å². The Hall–Kier alpha value is -1.84. The van der Waals surface area contributed by atoms with Gasteiger partial charge in [-0.2, -0.15) is 0 Å². The number of hydrogen-bond acceptors (Lipinski definition) is 2. The molecular weight excluding hydrogens is 284 g/mol. The number of carbonyl (C=O) groups excluding carboxylic acids is 1. The van der Waals surface area contributed by atoms with E-state index in [1.54, 1.807) is 0 Å². The molecule has 1 aliphatic heterocycles. The number of fused-ring (bicyclic) bond motifs is 1. The zero-order chi connectivity index (χ0) is 14.8. The first-order chi connectivity index (χ1) is 10.1. The van der Waals surface area contributed by atoms with Gasteiger partial charge in [-0.3, -0.25) is 4.79 Å². The molecule has 1 unspecified atom stereocenters. The summed E-state index contributed by atoms with van der Waals surface area (Å²) in [5, 5.41) is 3.63. The summed E-state index contributed by atoms with van der Waals surface area (Å²) in [6.45, 7) is 0. The molecule has 2 aromatic carbocycles. The van der Waals surface area contributed by atoms with E-state index in [4.69, 9.17) is 17.3 Å². The number of rotatable bonds is 3. The largest absolute Gasteiger partial charge is 0.326 e. The van der Waals surface area contributed by atoms with Gasteiger partial charge in [0, 0.05) is 23.2 Å².